The van der Waals surface area contributed by atoms with Crippen LogP contribution in [-0.4, -0.2) is 40.3 Å². The van der Waals surface area contributed by atoms with E-state index in [-0.39, 0.29) is 25.4 Å². The van der Waals surface area contributed by atoms with Crippen LogP contribution in [0.5, 0.6) is 0 Å². The van der Waals surface area contributed by atoms with Crippen molar-refractivity contribution in [2.75, 3.05) is 18.4 Å². The highest BCUT2D eigenvalue weighted by Gasteiger charge is 2.36. The Bertz CT molecular complexity index is 791. The zero-order valence-electron chi connectivity index (χ0n) is 14.0. The van der Waals surface area contributed by atoms with Crippen molar-refractivity contribution in [2.24, 2.45) is 0 Å². The van der Waals surface area contributed by atoms with E-state index in [2.05, 4.69) is 10.5 Å². The normalized spacial score (nSPS) is 21.1. The second kappa shape index (κ2) is 7.08. The minimum atomic E-state index is -4.44. The molecule has 2 heterocycles. The predicted molar refractivity (Wildman–Crippen MR) is 86.3 cm³/mol. The van der Waals surface area contributed by atoms with Gasteiger partial charge in [0.05, 0.1) is 23.9 Å². The smallest absolute Gasteiger partial charge is 0.392 e. The Kier molecular flexibility index (Phi) is 5.01. The lowest BCUT2D eigenvalue weighted by atomic mass is 10.0. The number of carbonyl (C=O) groups is 1. The molecule has 1 amide bonds. The van der Waals surface area contributed by atoms with Crippen LogP contribution in [0.1, 0.15) is 29.3 Å². The van der Waals surface area contributed by atoms with E-state index in [1.54, 1.807) is 24.0 Å². The zero-order chi connectivity index (χ0) is 18.9. The third-order valence-corrected chi connectivity index (χ3v) is 4.22. The summed E-state index contributed by atoms with van der Waals surface area (Å²) in [4.78, 5) is 13.8. The predicted octanol–water partition coefficient (Wildman–Crippen LogP) is 2.75. The summed E-state index contributed by atoms with van der Waals surface area (Å²) < 4.78 is 43.7. The summed E-state index contributed by atoms with van der Waals surface area (Å²) in [6, 6.07) is 6.04. The molecule has 2 N–H and O–H groups in total. The van der Waals surface area contributed by atoms with Gasteiger partial charge < -0.3 is 9.63 Å². The maximum Gasteiger partial charge on any atom is 0.416 e. The number of aliphatic hydroxyl groups is 1. The quantitative estimate of drug-likeness (QED) is 0.867. The first kappa shape index (κ1) is 18.4. The summed E-state index contributed by atoms with van der Waals surface area (Å²) in [5.41, 5.74) is 0.274. The standard InChI is InChI=1S/C17H18F3N3O3/c1-10-5-16(26-22-10)21-15(25)9-23-8-13(24)7-14(23)11-3-2-4-12(6-11)17(18,19)20/h2-6,13-14,24H,7-9H2,1H3,(H,21,25)/t13-,14-/m0/s1. The van der Waals surface area contributed by atoms with Gasteiger partial charge in [-0.05, 0) is 31.0 Å². The van der Waals surface area contributed by atoms with Crippen molar-refractivity contribution >= 4 is 11.8 Å². The van der Waals surface area contributed by atoms with E-state index < -0.39 is 29.8 Å². The van der Waals surface area contributed by atoms with Gasteiger partial charge in [0.2, 0.25) is 11.8 Å². The number of β-amino-alcohol motifs (C(OH)–C–C–N with tert-alkyl or cyclic N) is 1. The van der Waals surface area contributed by atoms with E-state index in [0.717, 1.165) is 12.1 Å². The fourth-order valence-electron chi connectivity index (χ4n) is 3.11. The van der Waals surface area contributed by atoms with Crippen molar-refractivity contribution in [3.8, 4) is 0 Å². The van der Waals surface area contributed by atoms with E-state index in [4.69, 9.17) is 4.52 Å². The lowest BCUT2D eigenvalue weighted by Gasteiger charge is -2.24. The summed E-state index contributed by atoms with van der Waals surface area (Å²) in [5, 5.41) is 16.1. The molecule has 3 rings (SSSR count). The number of aromatic nitrogens is 1. The summed E-state index contributed by atoms with van der Waals surface area (Å²) >= 11 is 0. The van der Waals surface area contributed by atoms with Crippen LogP contribution in [0.15, 0.2) is 34.9 Å². The Morgan fingerprint density at radius 2 is 2.19 bits per heavy atom. The largest absolute Gasteiger partial charge is 0.416 e. The number of halogens is 3. The third kappa shape index (κ3) is 4.23. The molecule has 1 aromatic heterocycles. The van der Waals surface area contributed by atoms with Crippen molar-refractivity contribution < 1.29 is 27.6 Å². The van der Waals surface area contributed by atoms with Crippen LogP contribution in [0.3, 0.4) is 0 Å². The Labute approximate surface area is 147 Å². The highest BCUT2D eigenvalue weighted by molar-refractivity contribution is 5.91. The van der Waals surface area contributed by atoms with Gasteiger partial charge >= 0.3 is 6.18 Å². The topological polar surface area (TPSA) is 78.6 Å². The lowest BCUT2D eigenvalue weighted by molar-refractivity contribution is -0.137. The van der Waals surface area contributed by atoms with Crippen LogP contribution in [0.25, 0.3) is 0 Å². The molecule has 0 saturated carbocycles. The van der Waals surface area contributed by atoms with Crippen molar-refractivity contribution in [1.29, 1.82) is 0 Å². The number of aryl methyl sites for hydroxylation is 1. The highest BCUT2D eigenvalue weighted by atomic mass is 19.4. The van der Waals surface area contributed by atoms with Crippen LogP contribution in [-0.2, 0) is 11.0 Å². The fraction of sp³-hybridized carbons (Fsp3) is 0.412. The monoisotopic (exact) mass is 369 g/mol. The second-order valence-corrected chi connectivity index (χ2v) is 6.34. The molecule has 26 heavy (non-hydrogen) atoms. The minimum absolute atomic E-state index is 0.0856. The first-order chi connectivity index (χ1) is 12.2. The number of nitrogens with zero attached hydrogens (tertiary/aromatic N) is 2. The van der Waals surface area contributed by atoms with Crippen LogP contribution in [0.4, 0.5) is 19.1 Å². The van der Waals surface area contributed by atoms with Crippen molar-refractivity contribution in [2.45, 2.75) is 31.7 Å². The first-order valence-electron chi connectivity index (χ1n) is 8.05. The third-order valence-electron chi connectivity index (χ3n) is 4.22. The van der Waals surface area contributed by atoms with Gasteiger partial charge in [-0.3, -0.25) is 15.0 Å². The van der Waals surface area contributed by atoms with Crippen molar-refractivity contribution in [1.82, 2.24) is 10.1 Å². The number of nitrogens with one attached hydrogen (secondary N) is 1. The number of amides is 1. The second-order valence-electron chi connectivity index (χ2n) is 6.34. The van der Waals surface area contributed by atoms with Gasteiger partial charge in [0, 0.05) is 18.7 Å². The Hall–Kier alpha value is -2.39. The average Bonchev–Trinajstić information content (AvgIpc) is 3.12. The highest BCUT2D eigenvalue weighted by Crippen LogP contribution is 2.36. The molecule has 1 aromatic carbocycles. The number of anilines is 1. The van der Waals surface area contributed by atoms with E-state index in [1.807, 2.05) is 0 Å². The van der Waals surface area contributed by atoms with Gasteiger partial charge in [0.15, 0.2) is 0 Å². The number of benzene rings is 1. The number of carbonyl (C=O) groups excluding carboxylic acids is 1. The molecule has 0 spiro atoms. The number of rotatable bonds is 4. The van der Waals surface area contributed by atoms with Crippen LogP contribution >= 0.6 is 0 Å². The number of alkyl halides is 3. The lowest BCUT2D eigenvalue weighted by Crippen LogP contribution is -2.33. The average molecular weight is 369 g/mol. The molecule has 0 aliphatic carbocycles. The minimum Gasteiger partial charge on any atom is -0.392 e. The maximum atomic E-state index is 12.9. The zero-order valence-corrected chi connectivity index (χ0v) is 14.0. The van der Waals surface area contributed by atoms with Crippen molar-refractivity contribution in [3.63, 3.8) is 0 Å². The van der Waals surface area contributed by atoms with Gasteiger partial charge in [-0.25, -0.2) is 0 Å². The molecule has 0 radical (unpaired) electrons. The Morgan fingerprint density at radius 1 is 1.42 bits per heavy atom. The molecule has 1 saturated heterocycles. The van der Waals surface area contributed by atoms with Crippen LogP contribution in [0, 0.1) is 6.92 Å². The maximum absolute atomic E-state index is 12.9. The Balaban J connectivity index is 1.73. The number of hydrogen-bond donors (Lipinski definition) is 2. The molecule has 0 bridgehead atoms. The van der Waals surface area contributed by atoms with E-state index in [0.29, 0.717) is 11.3 Å². The molecule has 1 aliphatic rings. The molecular formula is C17H18F3N3O3. The van der Waals surface area contributed by atoms with Gasteiger partial charge in [-0.1, -0.05) is 17.3 Å². The summed E-state index contributed by atoms with van der Waals surface area (Å²) in [5.74, 6) is -0.199. The molecule has 2 atom stereocenters. The molecular weight excluding hydrogens is 351 g/mol. The number of aliphatic hydroxyl groups excluding tert-OH is 1. The van der Waals surface area contributed by atoms with Gasteiger partial charge in [-0.15, -0.1) is 0 Å². The fourth-order valence-corrected chi connectivity index (χ4v) is 3.11. The van der Waals surface area contributed by atoms with Gasteiger partial charge in [0.1, 0.15) is 0 Å². The number of likely N-dealkylation sites (tertiary alicyclic amines) is 1. The molecule has 6 nitrogen and oxygen atoms in total. The molecule has 1 aliphatic heterocycles. The Morgan fingerprint density at radius 3 is 2.85 bits per heavy atom. The molecule has 1 fully saturated rings. The summed E-state index contributed by atoms with van der Waals surface area (Å²) in [7, 11) is 0. The summed E-state index contributed by atoms with van der Waals surface area (Å²) in [6.07, 6.45) is -4.90. The van der Waals surface area contributed by atoms with E-state index in [1.165, 1.54) is 6.07 Å². The van der Waals surface area contributed by atoms with E-state index in [9.17, 15) is 23.1 Å². The molecule has 140 valence electrons. The van der Waals surface area contributed by atoms with Crippen molar-refractivity contribution in [3.05, 3.63) is 47.2 Å². The number of hydrogen-bond acceptors (Lipinski definition) is 5. The van der Waals surface area contributed by atoms with E-state index >= 15 is 0 Å². The van der Waals surface area contributed by atoms with Gasteiger partial charge in [0.25, 0.3) is 0 Å². The molecule has 9 heteroatoms. The molecule has 2 aromatic rings. The first-order valence-corrected chi connectivity index (χ1v) is 8.05. The SMILES string of the molecule is Cc1cc(NC(=O)CN2C[C@@H](O)C[C@H]2c2cccc(C(F)(F)F)c2)on1. The van der Waals surface area contributed by atoms with Crippen LogP contribution < -0.4 is 5.32 Å². The van der Waals surface area contributed by atoms with Crippen LogP contribution in [0.2, 0.25) is 0 Å². The molecule has 0 unspecified atom stereocenters. The summed E-state index contributed by atoms with van der Waals surface area (Å²) in [6.45, 7) is 1.82. The van der Waals surface area contributed by atoms with Gasteiger partial charge in [-0.2, -0.15) is 13.2 Å².